The van der Waals surface area contributed by atoms with E-state index in [-0.39, 0.29) is 110 Å². The summed E-state index contributed by atoms with van der Waals surface area (Å²) in [7, 11) is 0. The summed E-state index contributed by atoms with van der Waals surface area (Å²) in [6.45, 7) is 39.2. The first-order valence-corrected chi connectivity index (χ1v) is 27.7. The molecule has 5 heterocycles. The van der Waals surface area contributed by atoms with Gasteiger partial charge in [0, 0.05) is 92.1 Å². The van der Waals surface area contributed by atoms with Crippen LogP contribution in [0.1, 0.15) is 125 Å². The van der Waals surface area contributed by atoms with Crippen molar-refractivity contribution < 1.29 is 123 Å². The van der Waals surface area contributed by atoms with Crippen molar-refractivity contribution in [3.8, 4) is 0 Å². The number of amides is 3. The fraction of sp³-hybridized carbons (Fsp3) is 0.836. The third-order valence-corrected chi connectivity index (χ3v) is 9.68. The second kappa shape index (κ2) is 51.8. The molecule has 5 rings (SSSR count). The molecule has 27 heteroatoms. The number of carbonyl (C=O) groups excluding carboxylic acids is 5. The maximum absolute atomic E-state index is 11.7. The summed E-state index contributed by atoms with van der Waals surface area (Å²) < 4.78 is 45.7. The van der Waals surface area contributed by atoms with Crippen LogP contribution in [-0.4, -0.2) is 256 Å². The first kappa shape index (κ1) is 90.8. The maximum atomic E-state index is 11.7. The van der Waals surface area contributed by atoms with E-state index in [0.717, 1.165) is 43.7 Å². The molecule has 3 atom stereocenters. The average Bonchev–Trinajstić information content (AvgIpc) is 3.57. The number of nitrogens with zero attached hydrogens (tertiary/aromatic N) is 3. The molecule has 0 saturated carbocycles. The minimum absolute atomic E-state index is 0. The van der Waals surface area contributed by atoms with E-state index in [0.29, 0.717) is 90.4 Å². The number of alkyl halides is 2. The Balaban J connectivity index is -0.000000163. The monoisotopic (exact) mass is 1230 g/mol. The van der Waals surface area contributed by atoms with Gasteiger partial charge in [-0.15, -0.1) is 23.2 Å². The molecule has 23 nitrogen and oxygen atoms in total. The van der Waals surface area contributed by atoms with Crippen molar-refractivity contribution in [2.24, 2.45) is 0 Å². The van der Waals surface area contributed by atoms with Crippen molar-refractivity contribution in [1.29, 1.82) is 0 Å². The zero-order valence-electron chi connectivity index (χ0n) is 52.5. The minimum atomic E-state index is -0.625. The molecule has 82 heavy (non-hydrogen) atoms. The molecule has 3 amide bonds. The van der Waals surface area contributed by atoms with Crippen LogP contribution in [0.2, 0.25) is 0 Å². The summed E-state index contributed by atoms with van der Waals surface area (Å²) in [6.07, 6.45) is 0.0780. The molecule has 3 unspecified atom stereocenters. The molecular weight excluding hydrogens is 1130 g/mol. The Morgan fingerprint density at radius 3 is 1.52 bits per heavy atom. The second-order valence-electron chi connectivity index (χ2n) is 22.0. The fourth-order valence-electron chi connectivity index (χ4n) is 5.64. The van der Waals surface area contributed by atoms with Gasteiger partial charge in [0.1, 0.15) is 29.0 Å². The van der Waals surface area contributed by atoms with Gasteiger partial charge in [-0.1, -0.05) is 20.6 Å². The molecule has 0 aromatic rings. The number of allylic oxidation sites excluding steroid dienone is 1. The van der Waals surface area contributed by atoms with Gasteiger partial charge in [0.2, 0.25) is 0 Å². The SMILES string of the molecule is C.C=C(CCl)CCl.C=C1COCCN(C(=O)OC(C)(C)C)C1.CC(C)(C)OC(=O)CCCO.CC(C)(C)OC(=O)N1CCOCC(=O)C1.CC(C)(C)OC(=O)N1CCOCC(O)C1.CCO.OC1CCCO1.OC1CNCCOC1.[B].[H-].[Na+]. The Labute approximate surface area is 527 Å². The number of hydrogen-bond acceptors (Lipinski definition) is 20. The van der Waals surface area contributed by atoms with Gasteiger partial charge in [-0.3, -0.25) is 14.5 Å². The number of hydrogen-bond donors (Lipinski definition) is 6. The molecule has 0 aromatic carbocycles. The first-order valence-electron chi connectivity index (χ1n) is 26.6. The van der Waals surface area contributed by atoms with Crippen LogP contribution in [0.25, 0.3) is 0 Å². The number of halogens is 2. The molecule has 5 fully saturated rings. The van der Waals surface area contributed by atoms with Gasteiger partial charge in [-0.05, 0) is 114 Å². The van der Waals surface area contributed by atoms with E-state index < -0.39 is 47.0 Å². The summed E-state index contributed by atoms with van der Waals surface area (Å²) in [4.78, 5) is 61.5. The van der Waals surface area contributed by atoms with Crippen LogP contribution in [0, 0.1) is 0 Å². The molecule has 0 aromatic heterocycles. The third-order valence-electron chi connectivity index (χ3n) is 8.92. The van der Waals surface area contributed by atoms with E-state index in [2.05, 4.69) is 18.5 Å². The normalized spacial score (nSPS) is 19.1. The van der Waals surface area contributed by atoms with Gasteiger partial charge in [0.15, 0.2) is 12.1 Å². The number of ether oxygens (including phenoxy) is 9. The molecule has 5 saturated heterocycles. The van der Waals surface area contributed by atoms with Gasteiger partial charge < -0.3 is 84.7 Å². The molecule has 0 aliphatic carbocycles. The van der Waals surface area contributed by atoms with Crippen LogP contribution >= 0.6 is 23.2 Å². The van der Waals surface area contributed by atoms with Crippen LogP contribution in [0.4, 0.5) is 14.4 Å². The Kier molecular flexibility index (Phi) is 57.4. The van der Waals surface area contributed by atoms with E-state index in [4.69, 9.17) is 86.3 Å². The number of Topliss-reactive ketones (excluding diaryl/α,β-unsaturated/α-hetero) is 1. The van der Waals surface area contributed by atoms with Crippen LogP contribution in [0.5, 0.6) is 0 Å². The maximum Gasteiger partial charge on any atom is 1.00 e. The van der Waals surface area contributed by atoms with Gasteiger partial charge in [0.25, 0.3) is 0 Å². The van der Waals surface area contributed by atoms with Crippen LogP contribution in [0.15, 0.2) is 24.3 Å². The molecule has 3 radical (unpaired) electrons. The van der Waals surface area contributed by atoms with Crippen molar-refractivity contribution >= 4 is 61.6 Å². The number of nitrogens with one attached hydrogen (secondary N) is 1. The number of ketones is 1. The predicted octanol–water partition coefficient (Wildman–Crippen LogP) is 2.82. The van der Waals surface area contributed by atoms with E-state index in [1.165, 1.54) is 9.80 Å². The molecule has 5 aliphatic rings. The Hall–Kier alpha value is -2.37. The average molecular weight is 1230 g/mol. The van der Waals surface area contributed by atoms with Crippen molar-refractivity contribution in [1.82, 2.24) is 20.0 Å². The Morgan fingerprint density at radius 2 is 1.11 bits per heavy atom. The van der Waals surface area contributed by atoms with Crippen LogP contribution in [-0.2, 0) is 52.2 Å². The van der Waals surface area contributed by atoms with Crippen molar-refractivity contribution in [2.75, 3.05) is 137 Å². The van der Waals surface area contributed by atoms with Crippen molar-refractivity contribution in [3.05, 3.63) is 24.3 Å². The van der Waals surface area contributed by atoms with Crippen molar-refractivity contribution in [2.45, 2.75) is 164 Å². The number of carbonyl (C=O) groups is 5. The molecule has 0 spiro atoms. The summed E-state index contributed by atoms with van der Waals surface area (Å²) >= 11 is 10.5. The fourth-order valence-corrected chi connectivity index (χ4v) is 5.92. The van der Waals surface area contributed by atoms with Gasteiger partial charge in [-0.2, -0.15) is 0 Å². The summed E-state index contributed by atoms with van der Waals surface area (Å²) in [5.41, 5.74) is -0.127. The quantitative estimate of drug-likeness (QED) is 0.0759. The zero-order valence-corrected chi connectivity index (χ0v) is 55.0. The Bertz CT molecular complexity index is 1620. The van der Waals surface area contributed by atoms with Crippen LogP contribution < -0.4 is 34.9 Å². The standard InChI is InChI=1S/C11H19NO3.C10H19NO4.C10H17NO4.C8H16O3.C5H11NO2.C4H6Cl2.C4H8O2.C2H6O.CH4.B.Na.H/c1-9-7-12(5-6-14-8-9)10(13)15-11(2,3)4;2*1-10(2,3)15-9(13)11-4-5-14-7-8(12)6-11;1-8(2,3)11-7(10)5-4-6-9;7-5-3-6-1-2-8-4-5;1-4(2-5)3-6;5-4-2-1-3-6-4;1-2-3;;;;/h1,5-8H2,2-4H3;8,12H,4-7H2,1-3H3;4-7H2,1-3H3;9H,4-6H2,1-3H3;5-7H,1-4H2;1-3H2;4-5H,1-3H2;3H,2H2,1H3;1H4;;;/q;;;;;;;;;;+1;-1. The first-order chi connectivity index (χ1) is 36.6. The van der Waals surface area contributed by atoms with E-state index >= 15 is 0 Å². The van der Waals surface area contributed by atoms with E-state index in [1.54, 1.807) is 32.6 Å². The summed E-state index contributed by atoms with van der Waals surface area (Å²) in [6, 6.07) is 0. The topological polar surface area (TPSA) is 291 Å². The molecule has 6 N–H and O–H groups in total. The van der Waals surface area contributed by atoms with E-state index in [9.17, 15) is 29.1 Å². The summed E-state index contributed by atoms with van der Waals surface area (Å²) in [5.74, 6) is 0.609. The largest absolute Gasteiger partial charge is 1.00 e. The van der Waals surface area contributed by atoms with Gasteiger partial charge >= 0.3 is 53.8 Å². The predicted molar refractivity (Wildman–Crippen MR) is 316 cm³/mol. The zero-order chi connectivity index (χ0) is 61.3. The van der Waals surface area contributed by atoms with E-state index in [1.807, 2.05) is 62.3 Å². The summed E-state index contributed by atoms with van der Waals surface area (Å²) in [5, 5.41) is 45.8. The minimum Gasteiger partial charge on any atom is -1.00 e. The second-order valence-corrected chi connectivity index (χ2v) is 22.5. The number of aliphatic hydroxyl groups excluding tert-OH is 5. The molecule has 5 aliphatic heterocycles. The molecular formula is C55H107BCl2N4NaO19. The number of β-amino-alcohol motifs (C(OH)–C–C–N with tert-alkyl or cyclic N) is 2. The third kappa shape index (κ3) is 60.7. The number of rotatable bonds is 5. The van der Waals surface area contributed by atoms with Crippen LogP contribution in [0.3, 0.4) is 0 Å². The number of aliphatic hydroxyl groups is 5. The van der Waals surface area contributed by atoms with Gasteiger partial charge in [-0.25, -0.2) is 14.4 Å². The number of esters is 1. The van der Waals surface area contributed by atoms with Gasteiger partial charge in [0.05, 0.1) is 71.5 Å². The molecule has 479 valence electrons. The Morgan fingerprint density at radius 1 is 0.683 bits per heavy atom. The smallest absolute Gasteiger partial charge is 1.00 e. The van der Waals surface area contributed by atoms with Crippen molar-refractivity contribution in [3.63, 3.8) is 0 Å². The molecule has 0 bridgehead atoms.